The van der Waals surface area contributed by atoms with Crippen molar-refractivity contribution in [2.24, 2.45) is 5.92 Å². The lowest BCUT2D eigenvalue weighted by atomic mass is 9.80. The Balaban J connectivity index is 1.73. The Bertz CT molecular complexity index is 1300. The van der Waals surface area contributed by atoms with Gasteiger partial charge in [-0.25, -0.2) is 9.78 Å². The Morgan fingerprint density at radius 2 is 1.67 bits per heavy atom. The third kappa shape index (κ3) is 5.57. The van der Waals surface area contributed by atoms with Crippen LogP contribution in [-0.2, 0) is 6.54 Å². The summed E-state index contributed by atoms with van der Waals surface area (Å²) in [5, 5.41) is 9.13. The van der Waals surface area contributed by atoms with Crippen molar-refractivity contribution in [3.05, 3.63) is 58.1 Å². The highest BCUT2D eigenvalue weighted by molar-refractivity contribution is 5.88. The molecule has 1 aromatic carbocycles. The van der Waals surface area contributed by atoms with Crippen molar-refractivity contribution in [2.75, 3.05) is 0 Å². The molecule has 0 atom stereocenters. The van der Waals surface area contributed by atoms with Crippen LogP contribution < -0.4 is 5.56 Å². The first kappa shape index (κ1) is 25.8. The van der Waals surface area contributed by atoms with Crippen LogP contribution in [0.4, 0.5) is 26.3 Å². The maximum atomic E-state index is 13.0. The van der Waals surface area contributed by atoms with Gasteiger partial charge in [0.1, 0.15) is 0 Å². The van der Waals surface area contributed by atoms with E-state index in [1.54, 1.807) is 0 Å². The lowest BCUT2D eigenvalue weighted by Gasteiger charge is -2.28. The molecule has 0 aliphatic heterocycles. The number of halogens is 6. The lowest BCUT2D eigenvalue weighted by molar-refractivity contribution is -0.182. The van der Waals surface area contributed by atoms with Crippen molar-refractivity contribution < 1.29 is 36.2 Å². The van der Waals surface area contributed by atoms with E-state index in [0.29, 0.717) is 11.3 Å². The molecule has 1 fully saturated rings. The molecule has 2 heterocycles. The normalized spacial score (nSPS) is 19.1. The summed E-state index contributed by atoms with van der Waals surface area (Å²) in [4.78, 5) is 28.6. The highest BCUT2D eigenvalue weighted by Gasteiger charge is 2.42. The molecule has 3 aromatic rings. The van der Waals surface area contributed by atoms with E-state index in [0.717, 1.165) is 0 Å². The minimum absolute atomic E-state index is 0.00310. The molecule has 0 amide bonds. The smallest absolute Gasteiger partial charge is 0.391 e. The van der Waals surface area contributed by atoms with Crippen molar-refractivity contribution in [1.82, 2.24) is 14.0 Å². The van der Waals surface area contributed by atoms with Crippen LogP contribution in [0.3, 0.4) is 0 Å². The van der Waals surface area contributed by atoms with E-state index < -0.39 is 36.2 Å². The highest BCUT2D eigenvalue weighted by Crippen LogP contribution is 2.42. The SMILES string of the molecule is O=C(O)c1ccc(-c2cc(=O)n3cc(C4CCC(C(F)(F)F)CC4)nc3n2CCCC(F)(F)F)cc1. The maximum absolute atomic E-state index is 13.0. The number of hydrogen-bond acceptors (Lipinski definition) is 3. The average Bonchev–Trinajstić information content (AvgIpc) is 3.25. The predicted molar refractivity (Wildman–Crippen MR) is 118 cm³/mol. The van der Waals surface area contributed by atoms with E-state index in [4.69, 9.17) is 5.11 Å². The van der Waals surface area contributed by atoms with Crippen molar-refractivity contribution >= 4 is 11.7 Å². The molecule has 12 heteroatoms. The maximum Gasteiger partial charge on any atom is 0.391 e. The molecule has 0 unspecified atom stereocenters. The van der Waals surface area contributed by atoms with Crippen LogP contribution in [0.15, 0.2) is 41.3 Å². The summed E-state index contributed by atoms with van der Waals surface area (Å²) < 4.78 is 80.3. The number of alkyl halides is 6. The van der Waals surface area contributed by atoms with Crippen LogP contribution in [0.5, 0.6) is 0 Å². The van der Waals surface area contributed by atoms with Gasteiger partial charge in [-0.3, -0.25) is 9.20 Å². The third-order valence-electron chi connectivity index (χ3n) is 6.61. The van der Waals surface area contributed by atoms with Crippen LogP contribution in [0.25, 0.3) is 17.0 Å². The minimum atomic E-state index is -4.38. The summed E-state index contributed by atoms with van der Waals surface area (Å²) in [7, 11) is 0. The van der Waals surface area contributed by atoms with Crippen LogP contribution in [0.1, 0.15) is 60.5 Å². The number of benzene rings is 1. The number of carbonyl (C=O) groups is 1. The summed E-state index contributed by atoms with van der Waals surface area (Å²) in [6, 6.07) is 6.79. The molecule has 36 heavy (non-hydrogen) atoms. The number of rotatable bonds is 6. The van der Waals surface area contributed by atoms with Crippen LogP contribution in [0.2, 0.25) is 0 Å². The minimum Gasteiger partial charge on any atom is -0.478 e. The van der Waals surface area contributed by atoms with Gasteiger partial charge in [0.25, 0.3) is 5.56 Å². The Labute approximate surface area is 201 Å². The topological polar surface area (TPSA) is 76.6 Å². The average molecular weight is 515 g/mol. The number of imidazole rings is 1. The van der Waals surface area contributed by atoms with E-state index in [2.05, 4.69) is 4.98 Å². The fourth-order valence-electron chi connectivity index (χ4n) is 4.71. The van der Waals surface area contributed by atoms with E-state index in [-0.39, 0.29) is 61.6 Å². The second-order valence-electron chi connectivity index (χ2n) is 9.05. The van der Waals surface area contributed by atoms with Gasteiger partial charge in [-0.2, -0.15) is 26.3 Å². The first-order valence-corrected chi connectivity index (χ1v) is 11.4. The zero-order chi connectivity index (χ0) is 26.3. The third-order valence-corrected chi connectivity index (χ3v) is 6.61. The summed E-state index contributed by atoms with van der Waals surface area (Å²) in [6.07, 6.45) is -8.18. The van der Waals surface area contributed by atoms with E-state index in [1.807, 2.05) is 0 Å². The van der Waals surface area contributed by atoms with Crippen molar-refractivity contribution in [1.29, 1.82) is 0 Å². The number of carboxylic acids is 1. The molecule has 0 bridgehead atoms. The van der Waals surface area contributed by atoms with E-state index in [9.17, 15) is 35.9 Å². The van der Waals surface area contributed by atoms with Gasteiger partial charge < -0.3 is 9.67 Å². The van der Waals surface area contributed by atoms with Gasteiger partial charge in [-0.15, -0.1) is 0 Å². The number of nitrogens with zero attached hydrogens (tertiary/aromatic N) is 3. The van der Waals surface area contributed by atoms with Crippen LogP contribution >= 0.6 is 0 Å². The van der Waals surface area contributed by atoms with Gasteiger partial charge in [0.15, 0.2) is 0 Å². The number of aryl methyl sites for hydroxylation is 1. The molecule has 1 saturated carbocycles. The summed E-state index contributed by atoms with van der Waals surface area (Å²) >= 11 is 0. The molecule has 1 aliphatic rings. The number of aromatic nitrogens is 3. The number of hydrogen-bond donors (Lipinski definition) is 1. The van der Waals surface area contributed by atoms with Crippen molar-refractivity contribution in [3.8, 4) is 11.3 Å². The quantitative estimate of drug-likeness (QED) is 0.406. The molecule has 4 rings (SSSR count). The van der Waals surface area contributed by atoms with Gasteiger partial charge in [0.2, 0.25) is 5.78 Å². The fourth-order valence-corrected chi connectivity index (χ4v) is 4.71. The number of fused-ring (bicyclic) bond motifs is 1. The summed E-state index contributed by atoms with van der Waals surface area (Å²) in [5.41, 5.74) is 0.613. The molecule has 6 nitrogen and oxygen atoms in total. The van der Waals surface area contributed by atoms with Crippen molar-refractivity contribution in [2.45, 2.75) is 63.3 Å². The second-order valence-corrected chi connectivity index (χ2v) is 9.05. The van der Waals surface area contributed by atoms with Gasteiger partial charge in [-0.1, -0.05) is 12.1 Å². The predicted octanol–water partition coefficient (Wildman–Crippen LogP) is 6.04. The molecule has 194 valence electrons. The Morgan fingerprint density at radius 3 is 2.22 bits per heavy atom. The zero-order valence-corrected chi connectivity index (χ0v) is 18.9. The van der Waals surface area contributed by atoms with Gasteiger partial charge >= 0.3 is 18.3 Å². The van der Waals surface area contributed by atoms with E-state index >= 15 is 0 Å². The standard InChI is InChI=1S/C24H23F6N3O3/c25-23(26,27)10-1-11-32-19(15-2-4-16(5-3-15)21(35)36)12-20(34)33-13-18(31-22(32)33)14-6-8-17(9-7-14)24(28,29)30/h2-5,12-14,17H,1,6-11H2,(H,35,36). The molecule has 0 radical (unpaired) electrons. The second kappa shape index (κ2) is 9.62. The van der Waals surface area contributed by atoms with Crippen molar-refractivity contribution in [3.63, 3.8) is 0 Å². The Hall–Kier alpha value is -3.31. The molecular formula is C24H23F6N3O3. The number of carboxylic acid groups (broad SMARTS) is 1. The largest absolute Gasteiger partial charge is 0.478 e. The summed E-state index contributed by atoms with van der Waals surface area (Å²) in [6.45, 7) is -0.128. The molecule has 0 saturated heterocycles. The Morgan fingerprint density at radius 1 is 1.03 bits per heavy atom. The zero-order valence-electron chi connectivity index (χ0n) is 18.9. The molecular weight excluding hydrogens is 492 g/mol. The van der Waals surface area contributed by atoms with Gasteiger partial charge in [0, 0.05) is 31.1 Å². The first-order valence-electron chi connectivity index (χ1n) is 11.4. The van der Waals surface area contributed by atoms with Crippen LogP contribution in [-0.4, -0.2) is 37.4 Å². The molecule has 0 spiro atoms. The van der Waals surface area contributed by atoms with E-state index in [1.165, 1.54) is 45.5 Å². The number of aromatic carboxylic acids is 1. The van der Waals surface area contributed by atoms with Crippen LogP contribution in [0, 0.1) is 5.92 Å². The molecule has 1 aliphatic carbocycles. The first-order chi connectivity index (χ1) is 16.8. The van der Waals surface area contributed by atoms with Gasteiger partial charge in [0.05, 0.1) is 22.9 Å². The monoisotopic (exact) mass is 515 g/mol. The fraction of sp³-hybridized carbons (Fsp3) is 0.458. The highest BCUT2D eigenvalue weighted by atomic mass is 19.4. The lowest BCUT2D eigenvalue weighted by Crippen LogP contribution is -2.27. The molecule has 1 N–H and O–H groups in total. The van der Waals surface area contributed by atoms with Gasteiger partial charge in [-0.05, 0) is 49.8 Å². The molecule has 2 aromatic heterocycles. The summed E-state index contributed by atoms with van der Waals surface area (Å²) in [5.74, 6) is -2.74. The Kier molecular flexibility index (Phi) is 6.89.